The van der Waals surface area contributed by atoms with E-state index in [4.69, 9.17) is 0 Å². The topological polar surface area (TPSA) is 72.7 Å². The van der Waals surface area contributed by atoms with E-state index in [1.165, 1.54) is 18.5 Å². The molecular formula is C22H18FN5O. The van der Waals surface area contributed by atoms with Crippen molar-refractivity contribution in [2.45, 2.75) is 12.5 Å². The maximum Gasteiger partial charge on any atom is 0.225 e. The molecule has 7 heteroatoms. The number of halogens is 1. The van der Waals surface area contributed by atoms with E-state index in [0.717, 1.165) is 22.4 Å². The third-order valence-electron chi connectivity index (χ3n) is 4.56. The van der Waals surface area contributed by atoms with Gasteiger partial charge in [-0.15, -0.1) is 5.10 Å². The molecule has 0 saturated heterocycles. The Hall–Kier alpha value is -3.87. The van der Waals surface area contributed by atoms with Crippen LogP contribution in [0.2, 0.25) is 0 Å². The molecule has 1 N–H and O–H groups in total. The summed E-state index contributed by atoms with van der Waals surface area (Å²) >= 11 is 0. The Labute approximate surface area is 167 Å². The molecule has 0 aliphatic heterocycles. The summed E-state index contributed by atoms with van der Waals surface area (Å²) in [5.41, 5.74) is 3.43. The van der Waals surface area contributed by atoms with Crippen molar-refractivity contribution in [3.8, 4) is 5.69 Å². The van der Waals surface area contributed by atoms with Crippen LogP contribution in [-0.4, -0.2) is 26.1 Å². The first-order valence-corrected chi connectivity index (χ1v) is 9.11. The van der Waals surface area contributed by atoms with Gasteiger partial charge in [-0.2, -0.15) is 0 Å². The maximum atomic E-state index is 13.3. The summed E-state index contributed by atoms with van der Waals surface area (Å²) in [6.45, 7) is 0. The van der Waals surface area contributed by atoms with Crippen molar-refractivity contribution in [2.75, 3.05) is 0 Å². The van der Waals surface area contributed by atoms with Gasteiger partial charge >= 0.3 is 0 Å². The lowest BCUT2D eigenvalue weighted by Crippen LogP contribution is -2.30. The van der Waals surface area contributed by atoms with Crippen molar-refractivity contribution >= 4 is 5.91 Å². The van der Waals surface area contributed by atoms with Gasteiger partial charge in [0.05, 0.1) is 18.2 Å². The Balaban J connectivity index is 1.50. The molecule has 29 heavy (non-hydrogen) atoms. The third-order valence-corrected chi connectivity index (χ3v) is 4.56. The molecule has 6 nitrogen and oxygen atoms in total. The second kappa shape index (κ2) is 8.43. The SMILES string of the molecule is O=C(Cc1ccc(-n2cnnn2)cc1)NC(c1ccccc1)c1ccc(F)cc1. The molecule has 1 atom stereocenters. The summed E-state index contributed by atoms with van der Waals surface area (Å²) in [5.74, 6) is -0.437. The van der Waals surface area contributed by atoms with Gasteiger partial charge in [0, 0.05) is 0 Å². The highest BCUT2D eigenvalue weighted by Gasteiger charge is 2.17. The molecule has 144 valence electrons. The molecule has 0 aliphatic rings. The molecule has 0 fully saturated rings. The van der Waals surface area contributed by atoms with Crippen LogP contribution in [0, 0.1) is 5.82 Å². The highest BCUT2D eigenvalue weighted by molar-refractivity contribution is 5.79. The van der Waals surface area contributed by atoms with E-state index in [1.807, 2.05) is 54.6 Å². The van der Waals surface area contributed by atoms with Gasteiger partial charge in [0.25, 0.3) is 0 Å². The van der Waals surface area contributed by atoms with Gasteiger partial charge in [0.1, 0.15) is 12.1 Å². The number of hydrogen-bond donors (Lipinski definition) is 1. The standard InChI is InChI=1S/C22H18FN5O/c23-19-10-8-18(9-11-19)22(17-4-2-1-3-5-17)25-21(29)14-16-6-12-20(13-7-16)28-15-24-26-27-28/h1-13,15,22H,14H2,(H,25,29). The minimum atomic E-state index is -0.357. The van der Waals surface area contributed by atoms with E-state index >= 15 is 0 Å². The lowest BCUT2D eigenvalue weighted by Gasteiger charge is -2.20. The second-order valence-corrected chi connectivity index (χ2v) is 6.56. The van der Waals surface area contributed by atoms with Crippen LogP contribution in [0.5, 0.6) is 0 Å². The molecular weight excluding hydrogens is 369 g/mol. The lowest BCUT2D eigenvalue weighted by atomic mass is 9.98. The Bertz CT molecular complexity index is 1060. The molecule has 4 rings (SSSR count). The number of hydrogen-bond acceptors (Lipinski definition) is 4. The van der Waals surface area contributed by atoms with Crippen LogP contribution in [-0.2, 0) is 11.2 Å². The molecule has 1 heterocycles. The molecule has 0 saturated carbocycles. The van der Waals surface area contributed by atoms with Crippen LogP contribution in [0.15, 0.2) is 85.2 Å². The summed E-state index contributed by atoms with van der Waals surface area (Å²) in [6.07, 6.45) is 1.73. The molecule has 0 aliphatic carbocycles. The number of carbonyl (C=O) groups is 1. The number of carbonyl (C=O) groups excluding carboxylic acids is 1. The Morgan fingerprint density at radius 2 is 1.62 bits per heavy atom. The van der Waals surface area contributed by atoms with Crippen LogP contribution in [0.25, 0.3) is 5.69 Å². The highest BCUT2D eigenvalue weighted by Crippen LogP contribution is 2.22. The molecule has 1 unspecified atom stereocenters. The first-order chi connectivity index (χ1) is 14.2. The fourth-order valence-corrected chi connectivity index (χ4v) is 3.10. The van der Waals surface area contributed by atoms with Gasteiger partial charge in [-0.25, -0.2) is 9.07 Å². The summed E-state index contributed by atoms with van der Waals surface area (Å²) in [7, 11) is 0. The lowest BCUT2D eigenvalue weighted by molar-refractivity contribution is -0.120. The van der Waals surface area contributed by atoms with Gasteiger partial charge in [0.15, 0.2) is 0 Å². The van der Waals surface area contributed by atoms with Gasteiger partial charge in [-0.1, -0.05) is 54.6 Å². The van der Waals surface area contributed by atoms with Gasteiger partial charge in [0.2, 0.25) is 5.91 Å². The van der Waals surface area contributed by atoms with Crippen LogP contribution in [0.1, 0.15) is 22.7 Å². The zero-order valence-electron chi connectivity index (χ0n) is 15.4. The van der Waals surface area contributed by atoms with Gasteiger partial charge in [-0.3, -0.25) is 4.79 Å². The van der Waals surface area contributed by atoms with Crippen molar-refractivity contribution in [1.29, 1.82) is 0 Å². The van der Waals surface area contributed by atoms with Crippen molar-refractivity contribution < 1.29 is 9.18 Å². The summed E-state index contributed by atoms with van der Waals surface area (Å²) < 4.78 is 14.9. The molecule has 0 bridgehead atoms. The first-order valence-electron chi connectivity index (χ1n) is 9.11. The smallest absolute Gasteiger partial charge is 0.225 e. The number of aromatic nitrogens is 4. The zero-order valence-corrected chi connectivity index (χ0v) is 15.4. The first kappa shape index (κ1) is 18.5. The molecule has 4 aromatic rings. The summed E-state index contributed by atoms with van der Waals surface area (Å²) in [6, 6.07) is 22.9. The van der Waals surface area contributed by atoms with E-state index in [-0.39, 0.29) is 24.2 Å². The Morgan fingerprint density at radius 1 is 0.931 bits per heavy atom. The number of tetrazole rings is 1. The normalized spacial score (nSPS) is 11.8. The molecule has 1 aromatic heterocycles. The minimum Gasteiger partial charge on any atom is -0.345 e. The minimum absolute atomic E-state index is 0.127. The summed E-state index contributed by atoms with van der Waals surface area (Å²) in [4.78, 5) is 12.7. The van der Waals surface area contributed by atoms with Crippen LogP contribution < -0.4 is 5.32 Å². The van der Waals surface area contributed by atoms with Crippen LogP contribution >= 0.6 is 0 Å². The van der Waals surface area contributed by atoms with E-state index in [9.17, 15) is 9.18 Å². The van der Waals surface area contributed by atoms with E-state index in [1.54, 1.807) is 16.8 Å². The van der Waals surface area contributed by atoms with Crippen LogP contribution in [0.4, 0.5) is 4.39 Å². The fourth-order valence-electron chi connectivity index (χ4n) is 3.10. The van der Waals surface area contributed by atoms with Crippen molar-refractivity contribution in [2.24, 2.45) is 0 Å². The quantitative estimate of drug-likeness (QED) is 0.551. The van der Waals surface area contributed by atoms with Gasteiger partial charge in [-0.05, 0) is 51.4 Å². The van der Waals surface area contributed by atoms with E-state index in [2.05, 4.69) is 20.8 Å². The Morgan fingerprint density at radius 3 is 2.28 bits per heavy atom. The molecule has 3 aromatic carbocycles. The number of nitrogens with one attached hydrogen (secondary N) is 1. The molecule has 0 spiro atoms. The average molecular weight is 387 g/mol. The van der Waals surface area contributed by atoms with E-state index < -0.39 is 0 Å². The number of amides is 1. The average Bonchev–Trinajstić information content (AvgIpc) is 3.29. The number of benzene rings is 3. The number of rotatable bonds is 6. The largest absolute Gasteiger partial charge is 0.345 e. The molecule has 1 amide bonds. The number of nitrogens with zero attached hydrogens (tertiary/aromatic N) is 4. The second-order valence-electron chi connectivity index (χ2n) is 6.56. The van der Waals surface area contributed by atoms with Crippen LogP contribution in [0.3, 0.4) is 0 Å². The van der Waals surface area contributed by atoms with Crippen molar-refractivity contribution in [1.82, 2.24) is 25.5 Å². The molecule has 0 radical (unpaired) electrons. The Kier molecular flexibility index (Phi) is 5.38. The summed E-state index contributed by atoms with van der Waals surface area (Å²) in [5, 5.41) is 14.1. The predicted octanol–water partition coefficient (Wildman–Crippen LogP) is 3.25. The maximum absolute atomic E-state index is 13.3. The van der Waals surface area contributed by atoms with Crippen molar-refractivity contribution in [3.63, 3.8) is 0 Å². The predicted molar refractivity (Wildman–Crippen MR) is 106 cm³/mol. The zero-order chi connectivity index (χ0) is 20.1. The highest BCUT2D eigenvalue weighted by atomic mass is 19.1. The van der Waals surface area contributed by atoms with Gasteiger partial charge < -0.3 is 5.32 Å². The van der Waals surface area contributed by atoms with Crippen molar-refractivity contribution in [3.05, 3.63) is 108 Å². The van der Waals surface area contributed by atoms with E-state index in [0.29, 0.717) is 0 Å². The monoisotopic (exact) mass is 387 g/mol. The third kappa shape index (κ3) is 4.52. The fraction of sp³-hybridized carbons (Fsp3) is 0.0909.